The lowest BCUT2D eigenvalue weighted by Gasteiger charge is -2.04. The number of nitrogens with zero attached hydrogens (tertiary/aromatic N) is 2. The van der Waals surface area contributed by atoms with Crippen molar-refractivity contribution < 1.29 is 22.7 Å². The maximum Gasteiger partial charge on any atom is 0.491 e. The van der Waals surface area contributed by atoms with Crippen molar-refractivity contribution in [3.63, 3.8) is 0 Å². The number of carbonyl (C=O) groups is 1. The van der Waals surface area contributed by atoms with Gasteiger partial charge >= 0.3 is 12.1 Å². The fraction of sp³-hybridized carbons (Fsp3) is 0.167. The third-order valence-electron chi connectivity index (χ3n) is 0.979. The normalized spacial score (nSPS) is 11.0. The first-order valence-corrected chi connectivity index (χ1v) is 3.04. The van der Waals surface area contributed by atoms with Crippen LogP contribution in [0, 0.1) is 0 Å². The maximum atomic E-state index is 11.6. The summed E-state index contributed by atoms with van der Waals surface area (Å²) in [5.41, 5.74) is 0. The Balaban J connectivity index is 2.66. The molecule has 4 nitrogen and oxygen atoms in total. The summed E-state index contributed by atoms with van der Waals surface area (Å²) in [7, 11) is 0. The zero-order valence-electron chi connectivity index (χ0n) is 6.08. The van der Waals surface area contributed by atoms with Crippen molar-refractivity contribution in [1.82, 2.24) is 9.97 Å². The molecule has 1 aromatic rings. The molecule has 0 fully saturated rings. The second kappa shape index (κ2) is 3.38. The summed E-state index contributed by atoms with van der Waals surface area (Å²) >= 11 is 0. The lowest BCUT2D eigenvalue weighted by Crippen LogP contribution is -2.28. The number of hydrogen-bond acceptors (Lipinski definition) is 4. The van der Waals surface area contributed by atoms with Crippen LogP contribution < -0.4 is 4.74 Å². The van der Waals surface area contributed by atoms with E-state index in [9.17, 15) is 18.0 Å². The van der Waals surface area contributed by atoms with E-state index in [0.717, 1.165) is 18.7 Å². The van der Waals surface area contributed by atoms with E-state index >= 15 is 0 Å². The molecule has 0 atom stereocenters. The number of carbonyl (C=O) groups excluding carboxylic acids is 1. The van der Waals surface area contributed by atoms with Gasteiger partial charge in [0.05, 0.1) is 12.4 Å². The minimum atomic E-state index is -5.00. The van der Waals surface area contributed by atoms with Crippen LogP contribution in [0.15, 0.2) is 18.7 Å². The van der Waals surface area contributed by atoms with Gasteiger partial charge < -0.3 is 4.74 Å². The Bertz CT molecular complexity index is 298. The summed E-state index contributed by atoms with van der Waals surface area (Å²) in [6, 6.07) is 0. The molecule has 1 rings (SSSR count). The molecule has 70 valence electrons. The molecule has 0 saturated heterocycles. The smallest absolute Gasteiger partial charge is 0.417 e. The fourth-order valence-corrected chi connectivity index (χ4v) is 0.503. The number of esters is 1. The van der Waals surface area contributed by atoms with Crippen LogP contribution >= 0.6 is 0 Å². The molecule has 0 radical (unpaired) electrons. The summed E-state index contributed by atoms with van der Waals surface area (Å²) < 4.78 is 38.7. The predicted octanol–water partition coefficient (Wildman–Crippen LogP) is 0.944. The molecule has 0 aliphatic rings. The van der Waals surface area contributed by atoms with Gasteiger partial charge in [-0.25, -0.2) is 14.8 Å². The first-order chi connectivity index (χ1) is 6.00. The van der Waals surface area contributed by atoms with Crippen LogP contribution in [0.2, 0.25) is 0 Å². The van der Waals surface area contributed by atoms with Gasteiger partial charge in [0.1, 0.15) is 6.33 Å². The fourth-order valence-electron chi connectivity index (χ4n) is 0.503. The molecule has 0 aromatic carbocycles. The van der Waals surface area contributed by atoms with Crippen molar-refractivity contribution in [2.75, 3.05) is 0 Å². The van der Waals surface area contributed by atoms with Gasteiger partial charge in [0.15, 0.2) is 5.75 Å². The lowest BCUT2D eigenvalue weighted by molar-refractivity contribution is -0.189. The highest BCUT2D eigenvalue weighted by Crippen LogP contribution is 2.18. The van der Waals surface area contributed by atoms with E-state index in [1.165, 1.54) is 0 Å². The van der Waals surface area contributed by atoms with Crippen molar-refractivity contribution in [2.45, 2.75) is 6.18 Å². The lowest BCUT2D eigenvalue weighted by atomic mass is 10.6. The van der Waals surface area contributed by atoms with Crippen LogP contribution in [0.5, 0.6) is 5.75 Å². The number of halogens is 3. The van der Waals surface area contributed by atoms with Crippen LogP contribution in [0.1, 0.15) is 0 Å². The SMILES string of the molecule is O=C(Oc1cncnc1)C(F)(F)F. The van der Waals surface area contributed by atoms with Crippen LogP contribution in [-0.4, -0.2) is 22.1 Å². The van der Waals surface area contributed by atoms with Gasteiger partial charge in [0.2, 0.25) is 0 Å². The standard InChI is InChI=1S/C6H3F3N2O2/c7-6(8,9)5(12)13-4-1-10-3-11-2-4/h1-3H. The Labute approximate surface area is 70.4 Å². The van der Waals surface area contributed by atoms with Crippen molar-refractivity contribution in [1.29, 1.82) is 0 Å². The zero-order chi connectivity index (χ0) is 9.90. The van der Waals surface area contributed by atoms with Crippen molar-refractivity contribution >= 4 is 5.97 Å². The van der Waals surface area contributed by atoms with E-state index in [1.807, 2.05) is 0 Å². The van der Waals surface area contributed by atoms with Gasteiger partial charge in [-0.05, 0) is 0 Å². The van der Waals surface area contributed by atoms with Gasteiger partial charge in [0, 0.05) is 0 Å². The highest BCUT2D eigenvalue weighted by Gasteiger charge is 2.41. The molecule has 0 aliphatic heterocycles. The molecule has 0 bridgehead atoms. The summed E-state index contributed by atoms with van der Waals surface area (Å²) in [4.78, 5) is 17.0. The van der Waals surface area contributed by atoms with E-state index in [1.54, 1.807) is 0 Å². The predicted molar refractivity (Wildman–Crippen MR) is 33.7 cm³/mol. The second-order valence-electron chi connectivity index (χ2n) is 1.96. The second-order valence-corrected chi connectivity index (χ2v) is 1.96. The summed E-state index contributed by atoms with van der Waals surface area (Å²) in [5.74, 6) is -2.63. The maximum absolute atomic E-state index is 11.6. The largest absolute Gasteiger partial charge is 0.491 e. The van der Waals surface area contributed by atoms with E-state index in [2.05, 4.69) is 14.7 Å². The van der Waals surface area contributed by atoms with Crippen LogP contribution in [0.4, 0.5) is 13.2 Å². The highest BCUT2D eigenvalue weighted by atomic mass is 19.4. The van der Waals surface area contributed by atoms with Gasteiger partial charge in [-0.15, -0.1) is 0 Å². The van der Waals surface area contributed by atoms with Gasteiger partial charge in [-0.3, -0.25) is 0 Å². The Hall–Kier alpha value is -1.66. The van der Waals surface area contributed by atoms with Gasteiger partial charge in [-0.1, -0.05) is 0 Å². The Morgan fingerprint density at radius 3 is 2.31 bits per heavy atom. The minimum absolute atomic E-state index is 0.343. The van der Waals surface area contributed by atoms with Crippen LogP contribution in [-0.2, 0) is 4.79 Å². The van der Waals surface area contributed by atoms with Crippen molar-refractivity contribution in [2.24, 2.45) is 0 Å². The van der Waals surface area contributed by atoms with Crippen LogP contribution in [0.3, 0.4) is 0 Å². The first kappa shape index (κ1) is 9.43. The Morgan fingerprint density at radius 2 is 1.85 bits per heavy atom. The molecule has 7 heteroatoms. The molecular formula is C6H3F3N2O2. The molecule has 0 spiro atoms. The quantitative estimate of drug-likeness (QED) is 0.621. The summed E-state index contributed by atoms with van der Waals surface area (Å²) in [6.07, 6.45) is -1.99. The van der Waals surface area contributed by atoms with Gasteiger partial charge in [0.25, 0.3) is 0 Å². The summed E-state index contributed by atoms with van der Waals surface area (Å²) in [6.45, 7) is 0. The topological polar surface area (TPSA) is 52.1 Å². The molecular weight excluding hydrogens is 189 g/mol. The molecule has 0 saturated carbocycles. The third-order valence-corrected chi connectivity index (χ3v) is 0.979. The monoisotopic (exact) mass is 192 g/mol. The molecule has 13 heavy (non-hydrogen) atoms. The average Bonchev–Trinajstić information content (AvgIpc) is 2.04. The Morgan fingerprint density at radius 1 is 1.31 bits per heavy atom. The molecule has 0 N–H and O–H groups in total. The van der Waals surface area contributed by atoms with Crippen molar-refractivity contribution in [3.8, 4) is 5.75 Å². The average molecular weight is 192 g/mol. The molecule has 1 aromatic heterocycles. The number of rotatable bonds is 1. The first-order valence-electron chi connectivity index (χ1n) is 3.04. The zero-order valence-corrected chi connectivity index (χ0v) is 6.08. The number of aromatic nitrogens is 2. The van der Waals surface area contributed by atoms with E-state index in [4.69, 9.17) is 0 Å². The molecule has 0 aliphatic carbocycles. The molecule has 1 heterocycles. The third kappa shape index (κ3) is 2.69. The minimum Gasteiger partial charge on any atom is -0.417 e. The highest BCUT2D eigenvalue weighted by molar-refractivity contribution is 5.77. The molecule has 0 amide bonds. The van der Waals surface area contributed by atoms with Gasteiger partial charge in [-0.2, -0.15) is 13.2 Å². The Kier molecular flexibility index (Phi) is 2.45. The number of hydrogen-bond donors (Lipinski definition) is 0. The number of ether oxygens (including phenoxy) is 1. The van der Waals surface area contributed by atoms with E-state index in [-0.39, 0.29) is 5.75 Å². The van der Waals surface area contributed by atoms with E-state index < -0.39 is 12.1 Å². The van der Waals surface area contributed by atoms with Crippen LogP contribution in [0.25, 0.3) is 0 Å². The number of alkyl halides is 3. The van der Waals surface area contributed by atoms with Crippen molar-refractivity contribution in [3.05, 3.63) is 18.7 Å². The summed E-state index contributed by atoms with van der Waals surface area (Å²) in [5, 5.41) is 0. The molecule has 0 unspecified atom stereocenters. The van der Waals surface area contributed by atoms with E-state index in [0.29, 0.717) is 0 Å².